The number of benzene rings is 1. The van der Waals surface area contributed by atoms with E-state index >= 15 is 0 Å². The highest BCUT2D eigenvalue weighted by Gasteiger charge is 2.30. The molecule has 0 amide bonds. The molecule has 0 unspecified atom stereocenters. The van der Waals surface area contributed by atoms with Crippen LogP contribution in [0.1, 0.15) is 5.82 Å². The van der Waals surface area contributed by atoms with E-state index in [0.29, 0.717) is 18.9 Å². The standard InChI is InChI=1S/C12H13FN4O2S/c13-9-1-2-11(10(14)7-9)20(18,19)17-6-5-16-4-3-15-12(16)8-17/h1-4,7H,5-6,8,14H2. The van der Waals surface area contributed by atoms with Gasteiger partial charge in [0.05, 0.1) is 12.2 Å². The number of hydrogen-bond donors (Lipinski definition) is 1. The Bertz CT molecular complexity index is 757. The Kier molecular flexibility index (Phi) is 2.98. The van der Waals surface area contributed by atoms with Crippen molar-refractivity contribution in [2.45, 2.75) is 18.0 Å². The zero-order valence-electron chi connectivity index (χ0n) is 10.5. The number of nitrogens with two attached hydrogens (primary N) is 1. The van der Waals surface area contributed by atoms with Gasteiger partial charge in [0.1, 0.15) is 16.5 Å². The van der Waals surface area contributed by atoms with E-state index in [1.807, 2.05) is 10.8 Å². The molecule has 2 aromatic rings. The fourth-order valence-corrected chi connectivity index (χ4v) is 3.73. The number of sulfonamides is 1. The Morgan fingerprint density at radius 3 is 2.85 bits per heavy atom. The summed E-state index contributed by atoms with van der Waals surface area (Å²) in [5.41, 5.74) is 5.54. The largest absolute Gasteiger partial charge is 0.398 e. The Hall–Kier alpha value is -1.93. The van der Waals surface area contributed by atoms with Gasteiger partial charge in [-0.25, -0.2) is 17.8 Å². The van der Waals surface area contributed by atoms with E-state index in [9.17, 15) is 12.8 Å². The summed E-state index contributed by atoms with van der Waals surface area (Å²) in [4.78, 5) is 4.05. The van der Waals surface area contributed by atoms with E-state index < -0.39 is 15.8 Å². The summed E-state index contributed by atoms with van der Waals surface area (Å²) >= 11 is 0. The molecule has 2 N–H and O–H groups in total. The predicted molar refractivity (Wildman–Crippen MR) is 70.6 cm³/mol. The van der Waals surface area contributed by atoms with E-state index in [4.69, 9.17) is 5.73 Å². The third-order valence-electron chi connectivity index (χ3n) is 3.30. The van der Waals surface area contributed by atoms with Crippen LogP contribution in [0.5, 0.6) is 0 Å². The van der Waals surface area contributed by atoms with Gasteiger partial charge in [0.2, 0.25) is 10.0 Å². The lowest BCUT2D eigenvalue weighted by Gasteiger charge is -2.27. The maximum atomic E-state index is 13.0. The average molecular weight is 296 g/mol. The number of halogens is 1. The van der Waals surface area contributed by atoms with Crippen LogP contribution in [-0.4, -0.2) is 28.8 Å². The number of fused-ring (bicyclic) bond motifs is 1. The Morgan fingerprint density at radius 1 is 1.30 bits per heavy atom. The van der Waals surface area contributed by atoms with Crippen molar-refractivity contribution in [1.82, 2.24) is 13.9 Å². The van der Waals surface area contributed by atoms with Crippen LogP contribution in [0.3, 0.4) is 0 Å². The fourth-order valence-electron chi connectivity index (χ4n) is 2.25. The van der Waals surface area contributed by atoms with Gasteiger partial charge in [-0.15, -0.1) is 0 Å². The van der Waals surface area contributed by atoms with Crippen molar-refractivity contribution in [1.29, 1.82) is 0 Å². The van der Waals surface area contributed by atoms with Crippen LogP contribution >= 0.6 is 0 Å². The highest BCUT2D eigenvalue weighted by Crippen LogP contribution is 2.25. The van der Waals surface area contributed by atoms with Crippen LogP contribution in [-0.2, 0) is 23.1 Å². The Labute approximate surface area is 115 Å². The number of imidazole rings is 1. The summed E-state index contributed by atoms with van der Waals surface area (Å²) in [6, 6.07) is 3.30. The summed E-state index contributed by atoms with van der Waals surface area (Å²) in [6.45, 7) is 1.06. The topological polar surface area (TPSA) is 81.2 Å². The Balaban J connectivity index is 1.97. The molecule has 6 nitrogen and oxygen atoms in total. The average Bonchev–Trinajstić information content (AvgIpc) is 2.85. The second-order valence-corrected chi connectivity index (χ2v) is 6.46. The van der Waals surface area contributed by atoms with Gasteiger partial charge in [0, 0.05) is 25.5 Å². The van der Waals surface area contributed by atoms with Crippen molar-refractivity contribution in [2.24, 2.45) is 0 Å². The molecule has 0 fully saturated rings. The molecule has 0 aliphatic carbocycles. The molecule has 0 atom stereocenters. The van der Waals surface area contributed by atoms with Gasteiger partial charge in [-0.05, 0) is 18.2 Å². The molecular formula is C12H13FN4O2S. The number of anilines is 1. The minimum Gasteiger partial charge on any atom is -0.398 e. The van der Waals surface area contributed by atoms with Crippen LogP contribution < -0.4 is 5.73 Å². The Morgan fingerprint density at radius 2 is 2.10 bits per heavy atom. The summed E-state index contributed by atoms with van der Waals surface area (Å²) in [5, 5.41) is 0. The molecule has 1 aromatic heterocycles. The summed E-state index contributed by atoms with van der Waals surface area (Å²) < 4.78 is 41.3. The van der Waals surface area contributed by atoms with E-state index in [0.717, 1.165) is 12.1 Å². The summed E-state index contributed by atoms with van der Waals surface area (Å²) in [6.07, 6.45) is 3.45. The highest BCUT2D eigenvalue weighted by atomic mass is 32.2. The van der Waals surface area contributed by atoms with Gasteiger partial charge in [0.25, 0.3) is 0 Å². The van der Waals surface area contributed by atoms with E-state index in [1.165, 1.54) is 10.4 Å². The highest BCUT2D eigenvalue weighted by molar-refractivity contribution is 7.89. The van der Waals surface area contributed by atoms with Gasteiger partial charge in [-0.3, -0.25) is 0 Å². The third kappa shape index (κ3) is 2.06. The summed E-state index contributed by atoms with van der Waals surface area (Å²) in [5.74, 6) is 0.121. The maximum Gasteiger partial charge on any atom is 0.245 e. The van der Waals surface area contributed by atoms with E-state index in [2.05, 4.69) is 4.98 Å². The zero-order chi connectivity index (χ0) is 14.3. The smallest absolute Gasteiger partial charge is 0.245 e. The van der Waals surface area contributed by atoms with Crippen LogP contribution in [0, 0.1) is 5.82 Å². The zero-order valence-corrected chi connectivity index (χ0v) is 11.3. The van der Waals surface area contributed by atoms with Crippen LogP contribution in [0.2, 0.25) is 0 Å². The first-order valence-electron chi connectivity index (χ1n) is 6.03. The fraction of sp³-hybridized carbons (Fsp3) is 0.250. The maximum absolute atomic E-state index is 13.0. The molecule has 0 bridgehead atoms. The molecule has 8 heteroatoms. The van der Waals surface area contributed by atoms with Crippen LogP contribution in [0.25, 0.3) is 0 Å². The van der Waals surface area contributed by atoms with Gasteiger partial charge < -0.3 is 10.3 Å². The number of hydrogen-bond acceptors (Lipinski definition) is 4. The van der Waals surface area contributed by atoms with Crippen molar-refractivity contribution < 1.29 is 12.8 Å². The molecule has 0 radical (unpaired) electrons. The monoisotopic (exact) mass is 296 g/mol. The molecule has 3 rings (SSSR count). The number of nitrogen functional groups attached to an aromatic ring is 1. The third-order valence-corrected chi connectivity index (χ3v) is 5.22. The first-order chi connectivity index (χ1) is 9.48. The van der Waals surface area contributed by atoms with Gasteiger partial charge >= 0.3 is 0 Å². The molecule has 106 valence electrons. The normalized spacial score (nSPS) is 16.1. The molecule has 1 aliphatic heterocycles. The van der Waals surface area contributed by atoms with Crippen molar-refractivity contribution in [3.63, 3.8) is 0 Å². The minimum atomic E-state index is -3.74. The van der Waals surface area contributed by atoms with Crippen molar-refractivity contribution >= 4 is 15.7 Å². The molecule has 1 aliphatic rings. The first kappa shape index (κ1) is 13.1. The SMILES string of the molecule is Nc1cc(F)ccc1S(=O)(=O)N1CCn2ccnc2C1. The molecular weight excluding hydrogens is 283 g/mol. The van der Waals surface area contributed by atoms with Crippen molar-refractivity contribution in [2.75, 3.05) is 12.3 Å². The van der Waals surface area contributed by atoms with Gasteiger partial charge in [-0.2, -0.15) is 4.31 Å². The van der Waals surface area contributed by atoms with Gasteiger partial charge in [0.15, 0.2) is 0 Å². The summed E-state index contributed by atoms with van der Waals surface area (Å²) in [7, 11) is -3.74. The molecule has 0 saturated heterocycles. The number of aromatic nitrogens is 2. The van der Waals surface area contributed by atoms with Crippen LogP contribution in [0.4, 0.5) is 10.1 Å². The predicted octanol–water partition coefficient (Wildman–Crippen LogP) is 0.809. The molecule has 1 aromatic carbocycles. The first-order valence-corrected chi connectivity index (χ1v) is 7.47. The lowest BCUT2D eigenvalue weighted by Crippen LogP contribution is -2.38. The quantitative estimate of drug-likeness (QED) is 0.832. The van der Waals surface area contributed by atoms with Gasteiger partial charge in [-0.1, -0.05) is 0 Å². The molecule has 0 spiro atoms. The molecule has 0 saturated carbocycles. The van der Waals surface area contributed by atoms with Crippen LogP contribution in [0.15, 0.2) is 35.5 Å². The second kappa shape index (κ2) is 4.57. The van der Waals surface area contributed by atoms with E-state index in [-0.39, 0.29) is 17.1 Å². The van der Waals surface area contributed by atoms with E-state index in [1.54, 1.807) is 6.20 Å². The lowest BCUT2D eigenvalue weighted by atomic mass is 10.3. The number of nitrogens with zero attached hydrogens (tertiary/aromatic N) is 3. The lowest BCUT2D eigenvalue weighted by molar-refractivity contribution is 0.335. The van der Waals surface area contributed by atoms with Crippen molar-refractivity contribution in [3.8, 4) is 0 Å². The van der Waals surface area contributed by atoms with Crippen molar-refractivity contribution in [3.05, 3.63) is 42.2 Å². The number of rotatable bonds is 2. The second-order valence-electron chi connectivity index (χ2n) is 4.56. The molecule has 20 heavy (non-hydrogen) atoms. The molecule has 2 heterocycles. The minimum absolute atomic E-state index is 0.0705.